The number of likely N-dealkylation sites (tertiary alicyclic amines) is 1. The molecule has 0 aliphatic carbocycles. The molecule has 0 saturated carbocycles. The van der Waals surface area contributed by atoms with Crippen molar-refractivity contribution in [2.45, 2.75) is 18.9 Å². The van der Waals surface area contributed by atoms with Gasteiger partial charge < -0.3 is 4.74 Å². The number of hydrogen-bond acceptors (Lipinski definition) is 4. The number of carbonyl (C=O) groups is 2. The van der Waals surface area contributed by atoms with Gasteiger partial charge in [0.2, 0.25) is 11.8 Å². The molecule has 0 aromatic heterocycles. The first-order valence-corrected chi connectivity index (χ1v) is 7.13. The second kappa shape index (κ2) is 4.41. The molecular formula is C14H13BrN2O3. The Bertz CT molecular complexity index is 656. The Morgan fingerprint density at radius 3 is 2.80 bits per heavy atom. The highest BCUT2D eigenvalue weighted by Gasteiger charge is 2.56. The van der Waals surface area contributed by atoms with Crippen LogP contribution < -0.4 is 0 Å². The smallest absolute Gasteiger partial charge is 0.262 e. The van der Waals surface area contributed by atoms with Gasteiger partial charge in [-0.05, 0) is 19.1 Å². The molecule has 1 aromatic carbocycles. The van der Waals surface area contributed by atoms with Crippen molar-refractivity contribution in [2.75, 3.05) is 13.7 Å². The summed E-state index contributed by atoms with van der Waals surface area (Å²) >= 11 is 3.41. The average Bonchev–Trinajstić information content (AvgIpc) is 2.82. The van der Waals surface area contributed by atoms with Crippen LogP contribution in [0.3, 0.4) is 0 Å². The van der Waals surface area contributed by atoms with Crippen LogP contribution in [-0.4, -0.2) is 36.3 Å². The van der Waals surface area contributed by atoms with Crippen LogP contribution in [0.5, 0.6) is 0 Å². The average molecular weight is 337 g/mol. The van der Waals surface area contributed by atoms with Crippen LogP contribution >= 0.6 is 15.9 Å². The maximum atomic E-state index is 12.5. The molecule has 2 amide bonds. The van der Waals surface area contributed by atoms with Crippen LogP contribution in [0.4, 0.5) is 0 Å². The first-order chi connectivity index (χ1) is 9.49. The van der Waals surface area contributed by atoms with Crippen LogP contribution in [0.15, 0.2) is 27.7 Å². The zero-order valence-electron chi connectivity index (χ0n) is 11.1. The minimum Gasteiger partial charge on any atom is -0.478 e. The van der Waals surface area contributed by atoms with Gasteiger partial charge in [-0.1, -0.05) is 22.0 Å². The Morgan fingerprint density at radius 1 is 1.45 bits per heavy atom. The molecule has 104 valence electrons. The molecule has 2 heterocycles. The number of fused-ring (bicyclic) bond motifs is 2. The lowest BCUT2D eigenvalue weighted by molar-refractivity contribution is -0.138. The van der Waals surface area contributed by atoms with Gasteiger partial charge in [0.05, 0.1) is 13.0 Å². The van der Waals surface area contributed by atoms with Gasteiger partial charge >= 0.3 is 0 Å². The van der Waals surface area contributed by atoms with Crippen LogP contribution in [-0.2, 0) is 19.9 Å². The standard InChI is InChI=1S/C14H13BrN2O3/c1-3-20-12-9-6-8(15)4-5-10(9)14(16-12)7-11(18)17(2)13(14)19/h4-6H,3,7H2,1-2H3. The van der Waals surface area contributed by atoms with E-state index in [1.807, 2.05) is 25.1 Å². The highest BCUT2D eigenvalue weighted by molar-refractivity contribution is 9.10. The Kier molecular flexibility index (Phi) is 2.93. The van der Waals surface area contributed by atoms with Crippen molar-refractivity contribution in [1.29, 1.82) is 0 Å². The lowest BCUT2D eigenvalue weighted by Gasteiger charge is -2.18. The van der Waals surface area contributed by atoms with Crippen molar-refractivity contribution >= 4 is 33.6 Å². The summed E-state index contributed by atoms with van der Waals surface area (Å²) in [5.41, 5.74) is 0.386. The Hall–Kier alpha value is -1.69. The lowest BCUT2D eigenvalue weighted by atomic mass is 9.88. The van der Waals surface area contributed by atoms with E-state index < -0.39 is 5.54 Å². The van der Waals surface area contributed by atoms with Gasteiger partial charge in [-0.25, -0.2) is 4.99 Å². The third-order valence-electron chi connectivity index (χ3n) is 3.67. The zero-order chi connectivity index (χ0) is 14.5. The number of aliphatic imine (C=N–C) groups is 1. The van der Waals surface area contributed by atoms with Crippen LogP contribution in [0.1, 0.15) is 24.5 Å². The maximum absolute atomic E-state index is 12.5. The fourth-order valence-corrected chi connectivity index (χ4v) is 3.06. The van der Waals surface area contributed by atoms with E-state index in [2.05, 4.69) is 20.9 Å². The molecular weight excluding hydrogens is 324 g/mol. The van der Waals surface area contributed by atoms with E-state index in [4.69, 9.17) is 4.74 Å². The molecule has 0 radical (unpaired) electrons. The minimum atomic E-state index is -1.13. The highest BCUT2D eigenvalue weighted by Crippen LogP contribution is 2.44. The molecule has 1 spiro atoms. The first kappa shape index (κ1) is 13.3. The summed E-state index contributed by atoms with van der Waals surface area (Å²) in [5, 5.41) is 0. The molecule has 2 aliphatic heterocycles. The molecule has 1 aromatic rings. The Morgan fingerprint density at radius 2 is 2.20 bits per heavy atom. The molecule has 20 heavy (non-hydrogen) atoms. The monoisotopic (exact) mass is 336 g/mol. The molecule has 0 N–H and O–H groups in total. The van der Waals surface area contributed by atoms with Crippen molar-refractivity contribution in [3.8, 4) is 0 Å². The third-order valence-corrected chi connectivity index (χ3v) is 4.16. The van der Waals surface area contributed by atoms with E-state index in [1.165, 1.54) is 7.05 Å². The number of amides is 2. The summed E-state index contributed by atoms with van der Waals surface area (Å²) < 4.78 is 6.42. The number of ether oxygens (including phenoxy) is 1. The Balaban J connectivity index is 2.20. The van der Waals surface area contributed by atoms with Crippen LogP contribution in [0, 0.1) is 0 Å². The molecule has 2 aliphatic rings. The number of halogens is 1. The molecule has 3 rings (SSSR count). The first-order valence-electron chi connectivity index (χ1n) is 6.33. The number of rotatable bonds is 1. The van der Waals surface area contributed by atoms with E-state index in [9.17, 15) is 9.59 Å². The van der Waals surface area contributed by atoms with Crippen molar-refractivity contribution < 1.29 is 14.3 Å². The SMILES string of the molecule is CCOC1=NC2(CC(=O)N(C)C2=O)c2ccc(Br)cc21. The number of carbonyl (C=O) groups excluding carboxylic acids is 2. The topological polar surface area (TPSA) is 59.0 Å². The number of nitrogens with zero attached hydrogens (tertiary/aromatic N) is 2. The molecule has 6 heteroatoms. The van der Waals surface area contributed by atoms with E-state index in [-0.39, 0.29) is 18.2 Å². The number of benzene rings is 1. The number of hydrogen-bond donors (Lipinski definition) is 0. The lowest BCUT2D eigenvalue weighted by Crippen LogP contribution is -2.34. The molecule has 1 unspecified atom stereocenters. The number of imide groups is 1. The summed E-state index contributed by atoms with van der Waals surface area (Å²) in [6, 6.07) is 5.55. The van der Waals surface area contributed by atoms with Crippen molar-refractivity contribution in [3.63, 3.8) is 0 Å². The summed E-state index contributed by atoms with van der Waals surface area (Å²) in [6.45, 7) is 2.32. The molecule has 1 saturated heterocycles. The quantitative estimate of drug-likeness (QED) is 0.735. The summed E-state index contributed by atoms with van der Waals surface area (Å²) in [5.74, 6) is -0.0774. The minimum absolute atomic E-state index is 0.0630. The fraction of sp³-hybridized carbons (Fsp3) is 0.357. The van der Waals surface area contributed by atoms with Gasteiger partial charge in [-0.2, -0.15) is 0 Å². The molecule has 1 fully saturated rings. The predicted octanol–water partition coefficient (Wildman–Crippen LogP) is 1.83. The predicted molar refractivity (Wildman–Crippen MR) is 76.4 cm³/mol. The Labute approximate surface area is 124 Å². The summed E-state index contributed by atoms with van der Waals surface area (Å²) in [6.07, 6.45) is 0.0630. The van der Waals surface area contributed by atoms with Gasteiger partial charge in [0.25, 0.3) is 5.91 Å². The zero-order valence-corrected chi connectivity index (χ0v) is 12.7. The number of likely N-dealkylation sites (N-methyl/N-ethyl adjacent to an activating group) is 1. The van der Waals surface area contributed by atoms with Crippen LogP contribution in [0.25, 0.3) is 0 Å². The molecule has 5 nitrogen and oxygen atoms in total. The summed E-state index contributed by atoms with van der Waals surface area (Å²) in [4.78, 5) is 29.9. The van der Waals surface area contributed by atoms with E-state index >= 15 is 0 Å². The third kappa shape index (κ3) is 1.64. The summed E-state index contributed by atoms with van der Waals surface area (Å²) in [7, 11) is 1.49. The van der Waals surface area contributed by atoms with Crippen molar-refractivity contribution in [2.24, 2.45) is 4.99 Å². The molecule has 0 bridgehead atoms. The van der Waals surface area contributed by atoms with Gasteiger partial charge in [0.1, 0.15) is 0 Å². The second-order valence-electron chi connectivity index (χ2n) is 4.83. The van der Waals surface area contributed by atoms with Gasteiger partial charge in [0.15, 0.2) is 5.54 Å². The normalized spacial score (nSPS) is 24.4. The highest BCUT2D eigenvalue weighted by atomic mass is 79.9. The van der Waals surface area contributed by atoms with Gasteiger partial charge in [0, 0.05) is 22.6 Å². The van der Waals surface area contributed by atoms with E-state index in [0.29, 0.717) is 12.5 Å². The van der Waals surface area contributed by atoms with Gasteiger partial charge in [-0.3, -0.25) is 14.5 Å². The second-order valence-corrected chi connectivity index (χ2v) is 5.75. The van der Waals surface area contributed by atoms with Gasteiger partial charge in [-0.15, -0.1) is 0 Å². The largest absolute Gasteiger partial charge is 0.478 e. The van der Waals surface area contributed by atoms with Crippen molar-refractivity contribution in [3.05, 3.63) is 33.8 Å². The maximum Gasteiger partial charge on any atom is 0.262 e. The van der Waals surface area contributed by atoms with E-state index in [0.717, 1.165) is 20.5 Å². The fourth-order valence-electron chi connectivity index (χ4n) is 2.70. The molecule has 1 atom stereocenters. The van der Waals surface area contributed by atoms with E-state index in [1.54, 1.807) is 0 Å². The van der Waals surface area contributed by atoms with Crippen molar-refractivity contribution in [1.82, 2.24) is 4.90 Å². The van der Waals surface area contributed by atoms with Crippen LogP contribution in [0.2, 0.25) is 0 Å².